The van der Waals surface area contributed by atoms with Crippen LogP contribution in [0, 0.1) is 0 Å². The molecule has 0 aliphatic heterocycles. The van der Waals surface area contributed by atoms with Crippen LogP contribution in [0.4, 0.5) is 0 Å². The van der Waals surface area contributed by atoms with Gasteiger partial charge in [0.15, 0.2) is 11.0 Å². The number of nitrogens with zero attached hydrogens (tertiary/aromatic N) is 4. The van der Waals surface area contributed by atoms with E-state index in [1.165, 1.54) is 5.56 Å². The van der Waals surface area contributed by atoms with Crippen LogP contribution in [-0.4, -0.2) is 19.7 Å². The quantitative estimate of drug-likeness (QED) is 0.168. The maximum absolute atomic E-state index is 4.91. The van der Waals surface area contributed by atoms with Crippen molar-refractivity contribution >= 4 is 38.6 Å². The third kappa shape index (κ3) is 4.63. The fraction of sp³-hybridized carbons (Fsp3) is 0.0741. The van der Waals surface area contributed by atoms with Gasteiger partial charge in [-0.2, -0.15) is 0 Å². The average molecular weight is 513 g/mol. The second-order valence-electron chi connectivity index (χ2n) is 7.56. The summed E-state index contributed by atoms with van der Waals surface area (Å²) < 4.78 is 3.21. The SMILES string of the molecule is C=CCn1c(SCc2cccc(Br)c2)nnc1-c1cc(-c2ccccc2)nc2ccccc12. The Balaban J connectivity index is 1.60. The van der Waals surface area contributed by atoms with Gasteiger partial charge in [0.25, 0.3) is 0 Å². The number of hydrogen-bond donors (Lipinski definition) is 0. The predicted octanol–water partition coefficient (Wildman–Crippen LogP) is 7.40. The van der Waals surface area contributed by atoms with E-state index in [2.05, 4.69) is 73.7 Å². The molecular weight excluding hydrogens is 492 g/mol. The topological polar surface area (TPSA) is 43.6 Å². The molecule has 0 aliphatic rings. The summed E-state index contributed by atoms with van der Waals surface area (Å²) in [4.78, 5) is 4.91. The Morgan fingerprint density at radius 2 is 1.73 bits per heavy atom. The molecule has 5 rings (SSSR count). The van der Waals surface area contributed by atoms with E-state index >= 15 is 0 Å². The minimum absolute atomic E-state index is 0.625. The molecule has 4 nitrogen and oxygen atoms in total. The Bertz CT molecular complexity index is 1430. The summed E-state index contributed by atoms with van der Waals surface area (Å²) >= 11 is 5.23. The van der Waals surface area contributed by atoms with Crippen molar-refractivity contribution in [1.29, 1.82) is 0 Å². The molecule has 0 spiro atoms. The lowest BCUT2D eigenvalue weighted by molar-refractivity contribution is 0.731. The van der Waals surface area contributed by atoms with Gasteiger partial charge in [-0.15, -0.1) is 16.8 Å². The minimum atomic E-state index is 0.625. The highest BCUT2D eigenvalue weighted by Crippen LogP contribution is 2.33. The van der Waals surface area contributed by atoms with Crippen molar-refractivity contribution in [3.05, 3.63) is 108 Å². The summed E-state index contributed by atoms with van der Waals surface area (Å²) in [5.41, 5.74) is 5.17. The Hall–Kier alpha value is -3.22. The van der Waals surface area contributed by atoms with Crippen LogP contribution in [0.1, 0.15) is 5.56 Å². The standard InChI is InChI=1S/C27H21BrN4S/c1-2-15-32-26(30-31-27(32)33-18-19-9-8-12-21(28)16-19)23-17-25(20-10-4-3-5-11-20)29-24-14-7-6-13-22(23)24/h2-14,16-17H,1,15,18H2. The van der Waals surface area contributed by atoms with Gasteiger partial charge < -0.3 is 0 Å². The fourth-order valence-electron chi connectivity index (χ4n) is 3.78. The molecule has 0 amide bonds. The minimum Gasteiger partial charge on any atom is -0.298 e. The lowest BCUT2D eigenvalue weighted by Crippen LogP contribution is -2.02. The molecule has 0 fully saturated rings. The van der Waals surface area contributed by atoms with E-state index in [0.29, 0.717) is 6.54 Å². The van der Waals surface area contributed by atoms with Crippen molar-refractivity contribution in [2.75, 3.05) is 0 Å². The number of allylic oxidation sites excluding steroid dienone is 1. The van der Waals surface area contributed by atoms with Crippen LogP contribution in [0.3, 0.4) is 0 Å². The van der Waals surface area contributed by atoms with Crippen LogP contribution in [0.15, 0.2) is 107 Å². The number of para-hydroxylation sites is 1. The van der Waals surface area contributed by atoms with Crippen LogP contribution in [-0.2, 0) is 12.3 Å². The number of pyridine rings is 1. The normalized spacial score (nSPS) is 11.1. The monoisotopic (exact) mass is 512 g/mol. The number of thioether (sulfide) groups is 1. The predicted molar refractivity (Wildman–Crippen MR) is 140 cm³/mol. The third-order valence-corrected chi connectivity index (χ3v) is 6.84. The molecule has 2 aromatic heterocycles. The summed E-state index contributed by atoms with van der Waals surface area (Å²) in [5.74, 6) is 1.63. The number of halogens is 1. The number of hydrogen-bond acceptors (Lipinski definition) is 4. The van der Waals surface area contributed by atoms with Gasteiger partial charge in [0.2, 0.25) is 0 Å². The van der Waals surface area contributed by atoms with Crippen molar-refractivity contribution in [2.24, 2.45) is 0 Å². The molecule has 33 heavy (non-hydrogen) atoms. The van der Waals surface area contributed by atoms with Gasteiger partial charge in [-0.25, -0.2) is 4.98 Å². The molecule has 0 atom stereocenters. The van der Waals surface area contributed by atoms with Gasteiger partial charge in [-0.1, -0.05) is 94.4 Å². The molecule has 162 valence electrons. The van der Waals surface area contributed by atoms with E-state index in [-0.39, 0.29) is 0 Å². The first-order chi connectivity index (χ1) is 16.2. The Morgan fingerprint density at radius 3 is 2.55 bits per heavy atom. The summed E-state index contributed by atoms with van der Waals surface area (Å²) in [6, 6.07) is 28.9. The number of aromatic nitrogens is 4. The van der Waals surface area contributed by atoms with Crippen LogP contribution >= 0.6 is 27.7 Å². The Labute approximate surface area is 205 Å². The molecule has 2 heterocycles. The van der Waals surface area contributed by atoms with E-state index < -0.39 is 0 Å². The highest BCUT2D eigenvalue weighted by molar-refractivity contribution is 9.10. The number of benzene rings is 3. The van der Waals surface area contributed by atoms with E-state index in [1.807, 2.05) is 54.6 Å². The molecule has 0 saturated heterocycles. The summed E-state index contributed by atoms with van der Waals surface area (Å²) in [5, 5.41) is 11.1. The van der Waals surface area contributed by atoms with Gasteiger partial charge in [0, 0.05) is 33.3 Å². The van der Waals surface area contributed by atoms with Crippen LogP contribution in [0.5, 0.6) is 0 Å². The first-order valence-corrected chi connectivity index (χ1v) is 12.4. The van der Waals surface area contributed by atoms with E-state index in [1.54, 1.807) is 11.8 Å². The zero-order valence-electron chi connectivity index (χ0n) is 17.9. The van der Waals surface area contributed by atoms with Gasteiger partial charge in [0.05, 0.1) is 11.2 Å². The first kappa shape index (κ1) is 21.6. The van der Waals surface area contributed by atoms with E-state index in [0.717, 1.165) is 48.9 Å². The van der Waals surface area contributed by atoms with E-state index in [4.69, 9.17) is 4.98 Å². The molecule has 0 unspecified atom stereocenters. The van der Waals surface area contributed by atoms with Crippen LogP contribution < -0.4 is 0 Å². The van der Waals surface area contributed by atoms with Crippen LogP contribution in [0.2, 0.25) is 0 Å². The van der Waals surface area contributed by atoms with Crippen molar-refractivity contribution < 1.29 is 0 Å². The highest BCUT2D eigenvalue weighted by Gasteiger charge is 2.18. The zero-order valence-corrected chi connectivity index (χ0v) is 20.3. The lowest BCUT2D eigenvalue weighted by atomic mass is 10.0. The fourth-order valence-corrected chi connectivity index (χ4v) is 5.12. The second-order valence-corrected chi connectivity index (χ2v) is 9.42. The summed E-state index contributed by atoms with van der Waals surface area (Å²) in [6.07, 6.45) is 1.89. The summed E-state index contributed by atoms with van der Waals surface area (Å²) in [7, 11) is 0. The molecule has 6 heteroatoms. The first-order valence-electron chi connectivity index (χ1n) is 10.6. The molecule has 0 bridgehead atoms. The Kier molecular flexibility index (Phi) is 6.37. The second kappa shape index (κ2) is 9.73. The van der Waals surface area contributed by atoms with Gasteiger partial charge in [-0.3, -0.25) is 4.57 Å². The summed E-state index contributed by atoms with van der Waals surface area (Å²) in [6.45, 7) is 4.59. The van der Waals surface area contributed by atoms with Crippen LogP contribution in [0.25, 0.3) is 33.5 Å². The molecule has 3 aromatic carbocycles. The average Bonchev–Trinajstić information content (AvgIpc) is 3.25. The number of fused-ring (bicyclic) bond motifs is 1. The zero-order chi connectivity index (χ0) is 22.6. The molecule has 0 saturated carbocycles. The molecule has 0 N–H and O–H groups in total. The molecule has 5 aromatic rings. The molecular formula is C27H21BrN4S. The van der Waals surface area contributed by atoms with Crippen molar-refractivity contribution in [1.82, 2.24) is 19.7 Å². The van der Waals surface area contributed by atoms with Gasteiger partial charge in [-0.05, 0) is 29.8 Å². The third-order valence-electron chi connectivity index (χ3n) is 5.31. The van der Waals surface area contributed by atoms with Crippen molar-refractivity contribution in [3.8, 4) is 22.6 Å². The number of rotatable bonds is 7. The maximum Gasteiger partial charge on any atom is 0.192 e. The molecule has 0 aliphatic carbocycles. The Morgan fingerprint density at radius 1 is 0.909 bits per heavy atom. The van der Waals surface area contributed by atoms with E-state index in [9.17, 15) is 0 Å². The van der Waals surface area contributed by atoms with Crippen molar-refractivity contribution in [3.63, 3.8) is 0 Å². The molecule has 0 radical (unpaired) electrons. The smallest absolute Gasteiger partial charge is 0.192 e. The van der Waals surface area contributed by atoms with Crippen molar-refractivity contribution in [2.45, 2.75) is 17.5 Å². The largest absolute Gasteiger partial charge is 0.298 e. The maximum atomic E-state index is 4.91. The van der Waals surface area contributed by atoms with Gasteiger partial charge >= 0.3 is 0 Å². The van der Waals surface area contributed by atoms with Gasteiger partial charge in [0.1, 0.15) is 0 Å². The highest BCUT2D eigenvalue weighted by atomic mass is 79.9. The lowest BCUT2D eigenvalue weighted by Gasteiger charge is -2.12.